The number of nitrogens with zero attached hydrogens (tertiary/aromatic N) is 2. The quantitative estimate of drug-likeness (QED) is 0.119. The molecule has 214 valence electrons. The van der Waals surface area contributed by atoms with E-state index in [1.54, 1.807) is 19.1 Å². The van der Waals surface area contributed by atoms with Crippen LogP contribution < -0.4 is 9.73 Å². The molecular weight excluding hydrogens is 587 g/mol. The van der Waals surface area contributed by atoms with Gasteiger partial charge >= 0.3 is 6.18 Å². The maximum atomic E-state index is 13.6. The number of fused-ring (bicyclic) bond motifs is 2. The largest absolute Gasteiger partial charge is 0.417 e. The summed E-state index contributed by atoms with van der Waals surface area (Å²) in [6.07, 6.45) is -3.38. The lowest BCUT2D eigenvalue weighted by molar-refractivity contribution is -0.137. The van der Waals surface area contributed by atoms with Crippen molar-refractivity contribution in [3.8, 4) is 0 Å². The van der Waals surface area contributed by atoms with E-state index in [1.807, 2.05) is 54.6 Å². The van der Waals surface area contributed by atoms with Crippen molar-refractivity contribution in [2.45, 2.75) is 18.0 Å². The van der Waals surface area contributed by atoms with Crippen molar-refractivity contribution >= 4 is 61.0 Å². The van der Waals surface area contributed by atoms with Gasteiger partial charge in [-0.2, -0.15) is 18.3 Å². The van der Waals surface area contributed by atoms with E-state index in [4.69, 9.17) is 11.6 Å². The Bertz CT molecular complexity index is 1890. The number of carbonyl (C=O) groups is 1. The number of alkyl halides is 3. The SMILES string of the molecule is Cc1ccc(S(=O)(=O)N(CC(=O)N/N=C\c2c3ccccc3cc3ccccc23)c2ccc(Cl)c(C(F)(F)F)c2)cc1. The van der Waals surface area contributed by atoms with Gasteiger partial charge in [-0.3, -0.25) is 9.10 Å². The highest BCUT2D eigenvalue weighted by Gasteiger charge is 2.35. The van der Waals surface area contributed by atoms with Gasteiger partial charge in [0.1, 0.15) is 6.54 Å². The molecule has 0 unspecified atom stereocenters. The van der Waals surface area contributed by atoms with E-state index in [2.05, 4.69) is 10.5 Å². The first-order chi connectivity index (χ1) is 19.9. The van der Waals surface area contributed by atoms with Gasteiger partial charge in [0, 0.05) is 5.56 Å². The molecule has 0 aromatic heterocycles. The molecule has 0 aliphatic carbocycles. The van der Waals surface area contributed by atoms with Crippen LogP contribution in [0.3, 0.4) is 0 Å². The van der Waals surface area contributed by atoms with Crippen molar-refractivity contribution in [3.63, 3.8) is 0 Å². The highest BCUT2D eigenvalue weighted by molar-refractivity contribution is 7.92. The molecule has 0 aliphatic heterocycles. The molecule has 42 heavy (non-hydrogen) atoms. The molecule has 1 amide bonds. The van der Waals surface area contributed by atoms with Crippen LogP contribution in [0.2, 0.25) is 5.02 Å². The number of halogens is 4. The summed E-state index contributed by atoms with van der Waals surface area (Å²) in [7, 11) is -4.47. The lowest BCUT2D eigenvalue weighted by Crippen LogP contribution is -2.39. The highest BCUT2D eigenvalue weighted by Crippen LogP contribution is 2.38. The molecule has 0 saturated carbocycles. The van der Waals surface area contributed by atoms with Crippen molar-refractivity contribution in [2.75, 3.05) is 10.8 Å². The Balaban J connectivity index is 1.49. The first kappa shape index (κ1) is 29.1. The third-order valence-electron chi connectivity index (χ3n) is 6.64. The van der Waals surface area contributed by atoms with Crippen LogP contribution in [0, 0.1) is 6.92 Å². The second-order valence-electron chi connectivity index (χ2n) is 9.51. The molecule has 0 fully saturated rings. The highest BCUT2D eigenvalue weighted by atomic mass is 35.5. The Hall–Kier alpha value is -4.41. The molecule has 5 aromatic rings. The zero-order valence-corrected chi connectivity index (χ0v) is 23.6. The van der Waals surface area contributed by atoms with Gasteiger partial charge in [0.15, 0.2) is 0 Å². The molecule has 0 bridgehead atoms. The molecule has 6 nitrogen and oxygen atoms in total. The number of anilines is 1. The lowest BCUT2D eigenvalue weighted by Gasteiger charge is -2.25. The van der Waals surface area contributed by atoms with Crippen LogP contribution in [0.1, 0.15) is 16.7 Å². The van der Waals surface area contributed by atoms with Crippen LogP contribution in [-0.2, 0) is 21.0 Å². The zero-order chi connectivity index (χ0) is 30.1. The van der Waals surface area contributed by atoms with Crippen molar-refractivity contribution in [3.05, 3.63) is 119 Å². The average Bonchev–Trinajstić information content (AvgIpc) is 2.95. The van der Waals surface area contributed by atoms with E-state index >= 15 is 0 Å². The number of amides is 1. The van der Waals surface area contributed by atoms with Gasteiger partial charge in [0.05, 0.1) is 27.4 Å². The van der Waals surface area contributed by atoms with Crippen molar-refractivity contribution in [1.82, 2.24) is 5.43 Å². The average molecular weight is 610 g/mol. The first-order valence-corrected chi connectivity index (χ1v) is 14.5. The van der Waals surface area contributed by atoms with E-state index < -0.39 is 39.2 Å². The molecule has 5 rings (SSSR count). The van der Waals surface area contributed by atoms with Crippen LogP contribution in [0.5, 0.6) is 0 Å². The summed E-state index contributed by atoms with van der Waals surface area (Å²) in [6, 6.07) is 25.7. The number of sulfonamides is 1. The summed E-state index contributed by atoms with van der Waals surface area (Å²) < 4.78 is 68.7. The summed E-state index contributed by atoms with van der Waals surface area (Å²) in [4.78, 5) is 12.8. The fraction of sp³-hybridized carbons (Fsp3) is 0.0968. The minimum absolute atomic E-state index is 0.199. The van der Waals surface area contributed by atoms with Gasteiger partial charge in [-0.1, -0.05) is 77.8 Å². The van der Waals surface area contributed by atoms with Gasteiger partial charge in [-0.05, 0) is 64.9 Å². The molecule has 0 radical (unpaired) electrons. The summed E-state index contributed by atoms with van der Waals surface area (Å²) in [5.74, 6) is -0.866. The fourth-order valence-corrected chi connectivity index (χ4v) is 6.20. The maximum absolute atomic E-state index is 13.6. The number of carbonyl (C=O) groups excluding carboxylic acids is 1. The van der Waals surface area contributed by atoms with E-state index in [0.717, 1.165) is 44.8 Å². The minimum Gasteiger partial charge on any atom is -0.271 e. The summed E-state index contributed by atoms with van der Waals surface area (Å²) in [5, 5.41) is 7.17. The monoisotopic (exact) mass is 609 g/mol. The van der Waals surface area contributed by atoms with Crippen LogP contribution in [-0.4, -0.2) is 27.1 Å². The lowest BCUT2D eigenvalue weighted by atomic mass is 9.97. The number of aryl methyl sites for hydroxylation is 1. The Labute approximate surface area is 245 Å². The summed E-state index contributed by atoms with van der Waals surface area (Å²) in [6.45, 7) is 0.913. The Kier molecular flexibility index (Phi) is 7.94. The standard InChI is InChI=1S/C31H23ClF3N3O3S/c1-20-10-13-24(14-11-20)42(40,41)38(23-12-15-29(32)28(17-23)31(33,34)35)19-30(39)37-36-18-27-25-8-4-2-6-21(25)16-22-7-3-5-9-26(22)27/h2-18H,19H2,1H3,(H,37,39)/b36-18-. The van der Waals surface area contributed by atoms with Crippen LogP contribution in [0.25, 0.3) is 21.5 Å². The van der Waals surface area contributed by atoms with E-state index in [-0.39, 0.29) is 10.6 Å². The molecule has 0 heterocycles. The zero-order valence-electron chi connectivity index (χ0n) is 22.1. The normalized spacial score (nSPS) is 12.2. The molecule has 11 heteroatoms. The number of hydrogen-bond acceptors (Lipinski definition) is 4. The van der Waals surface area contributed by atoms with Crippen molar-refractivity contribution in [2.24, 2.45) is 5.10 Å². The Morgan fingerprint density at radius 3 is 2.10 bits per heavy atom. The smallest absolute Gasteiger partial charge is 0.271 e. The topological polar surface area (TPSA) is 78.8 Å². The molecule has 0 aliphatic rings. The minimum atomic E-state index is -4.85. The van der Waals surface area contributed by atoms with Gasteiger partial charge in [0.25, 0.3) is 15.9 Å². The molecule has 0 saturated heterocycles. The summed E-state index contributed by atoms with van der Waals surface area (Å²) >= 11 is 5.76. The second-order valence-corrected chi connectivity index (χ2v) is 11.8. The summed E-state index contributed by atoms with van der Waals surface area (Å²) in [5.41, 5.74) is 2.23. The van der Waals surface area contributed by atoms with Crippen LogP contribution in [0.15, 0.2) is 107 Å². The van der Waals surface area contributed by atoms with Crippen molar-refractivity contribution < 1.29 is 26.4 Å². The second kappa shape index (κ2) is 11.5. The molecule has 0 spiro atoms. The van der Waals surface area contributed by atoms with Crippen molar-refractivity contribution in [1.29, 1.82) is 0 Å². The predicted octanol–water partition coefficient (Wildman–Crippen LogP) is 7.32. The number of nitrogens with one attached hydrogen (secondary N) is 1. The third-order valence-corrected chi connectivity index (χ3v) is 8.75. The molecule has 1 N–H and O–H groups in total. The van der Waals surface area contributed by atoms with Gasteiger partial charge in [-0.25, -0.2) is 13.8 Å². The van der Waals surface area contributed by atoms with Crippen LogP contribution in [0.4, 0.5) is 18.9 Å². The van der Waals surface area contributed by atoms with Gasteiger partial charge in [0.2, 0.25) is 0 Å². The molecule has 5 aromatic carbocycles. The number of benzene rings is 5. The van der Waals surface area contributed by atoms with E-state index in [9.17, 15) is 26.4 Å². The molecule has 0 atom stereocenters. The molecular formula is C31H23ClF3N3O3S. The predicted molar refractivity (Wildman–Crippen MR) is 159 cm³/mol. The third kappa shape index (κ3) is 5.95. The van der Waals surface area contributed by atoms with E-state index in [1.165, 1.54) is 18.3 Å². The van der Waals surface area contributed by atoms with Gasteiger partial charge in [-0.15, -0.1) is 0 Å². The maximum Gasteiger partial charge on any atom is 0.417 e. The number of hydrazone groups is 1. The number of rotatable bonds is 7. The number of hydrogen-bond donors (Lipinski definition) is 1. The van der Waals surface area contributed by atoms with E-state index in [0.29, 0.717) is 10.4 Å². The fourth-order valence-electron chi connectivity index (χ4n) is 4.56. The first-order valence-electron chi connectivity index (χ1n) is 12.6. The van der Waals surface area contributed by atoms with Crippen LogP contribution >= 0.6 is 11.6 Å². The Morgan fingerprint density at radius 2 is 1.50 bits per heavy atom. The Morgan fingerprint density at radius 1 is 0.905 bits per heavy atom. The van der Waals surface area contributed by atoms with Gasteiger partial charge < -0.3 is 0 Å².